The molecule has 1 unspecified atom stereocenters. The largest absolute Gasteiger partial charge is 0.455 e. The zero-order valence-electron chi connectivity index (χ0n) is 14.2. The number of amides is 2. The lowest BCUT2D eigenvalue weighted by Crippen LogP contribution is -2.28. The van der Waals surface area contributed by atoms with E-state index < -0.39 is 24.4 Å². The first-order valence-electron chi connectivity index (χ1n) is 8.21. The van der Waals surface area contributed by atoms with E-state index in [1.165, 1.54) is 4.90 Å². The second-order valence-electron chi connectivity index (χ2n) is 6.00. The molecular weight excluding hydrogens is 391 g/mol. The third-order valence-corrected chi connectivity index (χ3v) is 4.92. The van der Waals surface area contributed by atoms with Gasteiger partial charge in [0.2, 0.25) is 5.91 Å². The van der Waals surface area contributed by atoms with Crippen molar-refractivity contribution in [3.05, 3.63) is 58.6 Å². The van der Waals surface area contributed by atoms with E-state index in [1.54, 1.807) is 30.3 Å². The minimum Gasteiger partial charge on any atom is -0.455 e. The van der Waals surface area contributed by atoms with E-state index in [0.717, 1.165) is 5.69 Å². The highest BCUT2D eigenvalue weighted by Crippen LogP contribution is 2.29. The fourth-order valence-electron chi connectivity index (χ4n) is 2.76. The predicted octanol–water partition coefficient (Wildman–Crippen LogP) is 3.53. The Labute approximate surface area is 166 Å². The Morgan fingerprint density at radius 1 is 1.11 bits per heavy atom. The van der Waals surface area contributed by atoms with E-state index in [9.17, 15) is 14.4 Å². The summed E-state index contributed by atoms with van der Waals surface area (Å²) in [7, 11) is 0. The number of carbonyl (C=O) groups excluding carboxylic acids is 3. The molecule has 0 spiro atoms. The molecule has 2 aromatic carbocycles. The van der Waals surface area contributed by atoms with Gasteiger partial charge in [-0.05, 0) is 24.3 Å². The quantitative estimate of drug-likeness (QED) is 0.770. The number of esters is 1. The summed E-state index contributed by atoms with van der Waals surface area (Å²) in [6.45, 7) is -0.249. The fraction of sp³-hybridized carbons (Fsp3) is 0.211. The molecule has 1 fully saturated rings. The normalized spacial score (nSPS) is 16.3. The van der Waals surface area contributed by atoms with Gasteiger partial charge in [0.1, 0.15) is 0 Å². The number of nitrogens with one attached hydrogen (secondary N) is 1. The molecule has 3 rings (SSSR count). The van der Waals surface area contributed by atoms with Crippen molar-refractivity contribution < 1.29 is 19.1 Å². The van der Waals surface area contributed by atoms with Crippen molar-refractivity contribution in [2.75, 3.05) is 23.4 Å². The van der Waals surface area contributed by atoms with Crippen LogP contribution in [0.2, 0.25) is 10.0 Å². The van der Waals surface area contributed by atoms with Crippen molar-refractivity contribution in [3.8, 4) is 0 Å². The van der Waals surface area contributed by atoms with Crippen molar-refractivity contribution in [1.29, 1.82) is 0 Å². The van der Waals surface area contributed by atoms with Crippen LogP contribution in [0.3, 0.4) is 0 Å². The molecule has 6 nitrogen and oxygen atoms in total. The van der Waals surface area contributed by atoms with Gasteiger partial charge in [0.15, 0.2) is 6.61 Å². The number of para-hydroxylation sites is 1. The van der Waals surface area contributed by atoms with Crippen LogP contribution in [0.1, 0.15) is 6.42 Å². The Morgan fingerprint density at radius 3 is 2.59 bits per heavy atom. The summed E-state index contributed by atoms with van der Waals surface area (Å²) >= 11 is 11.9. The van der Waals surface area contributed by atoms with E-state index >= 15 is 0 Å². The van der Waals surface area contributed by atoms with E-state index in [-0.39, 0.29) is 23.9 Å². The molecule has 1 aliphatic rings. The van der Waals surface area contributed by atoms with E-state index in [4.69, 9.17) is 27.9 Å². The predicted molar refractivity (Wildman–Crippen MR) is 103 cm³/mol. The maximum absolute atomic E-state index is 12.2. The molecule has 0 saturated carbocycles. The maximum atomic E-state index is 12.2. The number of halogens is 2. The van der Waals surface area contributed by atoms with E-state index in [2.05, 4.69) is 5.32 Å². The molecule has 0 bridgehead atoms. The van der Waals surface area contributed by atoms with Crippen LogP contribution in [-0.4, -0.2) is 30.9 Å². The molecular formula is C19H16Cl2N2O4. The number of nitrogens with zero attached hydrogens (tertiary/aromatic N) is 1. The number of benzene rings is 2. The Hall–Kier alpha value is -2.57. The number of ether oxygens (including phenoxy) is 1. The SMILES string of the molecule is O=C(COC(=O)C1CC(=O)N(c2ccccc2)C1)Nc1cccc(Cl)c1Cl. The Kier molecular flexibility index (Phi) is 5.98. The number of anilines is 2. The van der Waals surface area contributed by atoms with E-state index in [0.29, 0.717) is 10.7 Å². The van der Waals surface area contributed by atoms with Crippen molar-refractivity contribution >= 4 is 52.4 Å². The zero-order chi connectivity index (χ0) is 19.4. The molecule has 140 valence electrons. The molecule has 1 saturated heterocycles. The number of carbonyl (C=O) groups is 3. The van der Waals surface area contributed by atoms with Crippen LogP contribution < -0.4 is 10.2 Å². The standard InChI is InChI=1S/C19H16Cl2N2O4/c20-14-7-4-8-15(18(14)21)22-16(24)11-27-19(26)12-9-17(25)23(10-12)13-5-2-1-3-6-13/h1-8,12H,9-11H2,(H,22,24). The van der Waals surface area contributed by atoms with Crippen LogP contribution in [0.15, 0.2) is 48.5 Å². The number of hydrogen-bond acceptors (Lipinski definition) is 4. The Morgan fingerprint density at radius 2 is 1.85 bits per heavy atom. The van der Waals surface area contributed by atoms with Crippen molar-refractivity contribution in [3.63, 3.8) is 0 Å². The molecule has 2 aromatic rings. The molecule has 1 N–H and O–H groups in total. The summed E-state index contributed by atoms with van der Waals surface area (Å²) in [4.78, 5) is 37.9. The van der Waals surface area contributed by atoms with Gasteiger partial charge >= 0.3 is 5.97 Å². The highest BCUT2D eigenvalue weighted by atomic mass is 35.5. The minimum atomic E-state index is -0.611. The topological polar surface area (TPSA) is 75.7 Å². The number of hydrogen-bond donors (Lipinski definition) is 1. The summed E-state index contributed by atoms with van der Waals surface area (Å²) in [6, 6.07) is 13.9. The van der Waals surface area contributed by atoms with Crippen LogP contribution in [-0.2, 0) is 19.1 Å². The average molecular weight is 407 g/mol. The molecule has 0 aromatic heterocycles. The van der Waals surface area contributed by atoms with Gasteiger partial charge in [-0.3, -0.25) is 14.4 Å². The Bertz CT molecular complexity index is 873. The molecule has 0 radical (unpaired) electrons. The first kappa shape index (κ1) is 19.2. The first-order valence-corrected chi connectivity index (χ1v) is 8.97. The zero-order valence-corrected chi connectivity index (χ0v) is 15.7. The third kappa shape index (κ3) is 4.59. The van der Waals surface area contributed by atoms with Gasteiger partial charge in [-0.2, -0.15) is 0 Å². The van der Waals surface area contributed by atoms with Gasteiger partial charge in [-0.15, -0.1) is 0 Å². The summed E-state index contributed by atoms with van der Waals surface area (Å²) in [5.74, 6) is -1.90. The molecule has 1 atom stereocenters. The Balaban J connectivity index is 1.53. The first-order chi connectivity index (χ1) is 13.0. The monoisotopic (exact) mass is 406 g/mol. The number of rotatable bonds is 5. The lowest BCUT2D eigenvalue weighted by Gasteiger charge is -2.16. The van der Waals surface area contributed by atoms with Crippen molar-refractivity contribution in [2.45, 2.75) is 6.42 Å². The molecule has 27 heavy (non-hydrogen) atoms. The maximum Gasteiger partial charge on any atom is 0.311 e. The summed E-state index contributed by atoms with van der Waals surface area (Å²) in [5, 5.41) is 3.04. The van der Waals surface area contributed by atoms with Crippen LogP contribution >= 0.6 is 23.2 Å². The molecule has 0 aliphatic carbocycles. The van der Waals surface area contributed by atoms with Crippen LogP contribution in [0.5, 0.6) is 0 Å². The summed E-state index contributed by atoms with van der Waals surface area (Å²) in [6.07, 6.45) is 0.0511. The van der Waals surface area contributed by atoms with Gasteiger partial charge in [0, 0.05) is 18.7 Å². The van der Waals surface area contributed by atoms with Crippen LogP contribution in [0.25, 0.3) is 0 Å². The highest BCUT2D eigenvalue weighted by Gasteiger charge is 2.36. The molecule has 8 heteroatoms. The second kappa shape index (κ2) is 8.41. The van der Waals surface area contributed by atoms with Crippen LogP contribution in [0, 0.1) is 5.92 Å². The second-order valence-corrected chi connectivity index (χ2v) is 6.78. The lowest BCUT2D eigenvalue weighted by atomic mass is 10.1. The smallest absolute Gasteiger partial charge is 0.311 e. The molecule has 1 heterocycles. The lowest BCUT2D eigenvalue weighted by molar-refractivity contribution is -0.151. The van der Waals surface area contributed by atoms with Gasteiger partial charge in [-0.1, -0.05) is 47.5 Å². The molecule has 1 aliphatic heterocycles. The summed E-state index contributed by atoms with van der Waals surface area (Å²) in [5.41, 5.74) is 1.06. The van der Waals surface area contributed by atoms with Gasteiger partial charge < -0.3 is 15.0 Å². The fourth-order valence-corrected chi connectivity index (χ4v) is 3.11. The van der Waals surface area contributed by atoms with Gasteiger partial charge in [0.05, 0.1) is 21.7 Å². The van der Waals surface area contributed by atoms with Crippen molar-refractivity contribution in [1.82, 2.24) is 0 Å². The van der Waals surface area contributed by atoms with Gasteiger partial charge in [0.25, 0.3) is 5.91 Å². The average Bonchev–Trinajstić information content (AvgIpc) is 3.06. The molecule has 2 amide bonds. The summed E-state index contributed by atoms with van der Waals surface area (Å²) < 4.78 is 5.06. The third-order valence-electron chi connectivity index (χ3n) is 4.10. The van der Waals surface area contributed by atoms with Gasteiger partial charge in [-0.25, -0.2) is 0 Å². The minimum absolute atomic E-state index is 0.0511. The van der Waals surface area contributed by atoms with Crippen LogP contribution in [0.4, 0.5) is 11.4 Å². The van der Waals surface area contributed by atoms with Crippen molar-refractivity contribution in [2.24, 2.45) is 5.92 Å². The highest BCUT2D eigenvalue weighted by molar-refractivity contribution is 6.44. The van der Waals surface area contributed by atoms with E-state index in [1.807, 2.05) is 18.2 Å².